The molecule has 2 heterocycles. The van der Waals surface area contributed by atoms with Gasteiger partial charge in [-0.15, -0.1) is 11.3 Å². The first-order valence-electron chi connectivity index (χ1n) is 5.77. The van der Waals surface area contributed by atoms with Crippen LogP contribution in [0.3, 0.4) is 0 Å². The molecule has 3 rings (SSSR count). The van der Waals surface area contributed by atoms with E-state index < -0.39 is 0 Å². The van der Waals surface area contributed by atoms with Crippen molar-refractivity contribution in [1.82, 2.24) is 5.32 Å². The summed E-state index contributed by atoms with van der Waals surface area (Å²) in [7, 11) is 0. The van der Waals surface area contributed by atoms with Gasteiger partial charge in [0.15, 0.2) is 0 Å². The van der Waals surface area contributed by atoms with Crippen molar-refractivity contribution in [2.75, 3.05) is 6.54 Å². The highest BCUT2D eigenvalue weighted by molar-refractivity contribution is 7.10. The molecule has 0 radical (unpaired) electrons. The van der Waals surface area contributed by atoms with E-state index >= 15 is 0 Å². The summed E-state index contributed by atoms with van der Waals surface area (Å²) in [6, 6.07) is 13.5. The Kier molecular flexibility index (Phi) is 2.77. The fourth-order valence-corrected chi connectivity index (χ4v) is 3.38. The number of hydrogen-bond donors (Lipinski definition) is 1. The van der Waals surface area contributed by atoms with Crippen LogP contribution in [0.25, 0.3) is 0 Å². The monoisotopic (exact) mass is 229 g/mol. The van der Waals surface area contributed by atoms with Crippen molar-refractivity contribution in [3.63, 3.8) is 0 Å². The summed E-state index contributed by atoms with van der Waals surface area (Å²) in [6.07, 6.45) is 2.29. The smallest absolute Gasteiger partial charge is 0.0458 e. The van der Waals surface area contributed by atoms with Crippen LogP contribution in [0.5, 0.6) is 0 Å². The molecule has 2 heteroatoms. The predicted octanol–water partition coefficient (Wildman–Crippen LogP) is 3.18. The van der Waals surface area contributed by atoms with Gasteiger partial charge in [-0.1, -0.05) is 30.3 Å². The summed E-state index contributed by atoms with van der Waals surface area (Å²) < 4.78 is 0. The molecule has 2 aromatic rings. The summed E-state index contributed by atoms with van der Waals surface area (Å²) in [6.45, 7) is 1.11. The molecule has 82 valence electrons. The minimum absolute atomic E-state index is 0.520. The molecule has 0 bridgehead atoms. The first-order chi connectivity index (χ1) is 7.93. The third-order valence-corrected chi connectivity index (χ3v) is 4.24. The minimum atomic E-state index is 0.520. The second-order valence-corrected chi connectivity index (χ2v) is 5.20. The molecule has 16 heavy (non-hydrogen) atoms. The minimum Gasteiger partial charge on any atom is -0.309 e. The summed E-state index contributed by atoms with van der Waals surface area (Å²) >= 11 is 1.89. The van der Waals surface area contributed by atoms with Crippen LogP contribution in [-0.2, 0) is 12.8 Å². The zero-order chi connectivity index (χ0) is 10.8. The van der Waals surface area contributed by atoms with Gasteiger partial charge >= 0.3 is 0 Å². The average Bonchev–Trinajstić information content (AvgIpc) is 2.80. The highest BCUT2D eigenvalue weighted by Gasteiger charge is 2.20. The Balaban J connectivity index is 1.83. The molecule has 1 atom stereocenters. The summed E-state index contributed by atoms with van der Waals surface area (Å²) in [4.78, 5) is 1.54. The third kappa shape index (κ3) is 1.91. The first kappa shape index (κ1) is 10.1. The van der Waals surface area contributed by atoms with Gasteiger partial charge in [0.05, 0.1) is 0 Å². The SMILES string of the molecule is c1ccc(CC2NCCc3ccsc32)cc1. The van der Waals surface area contributed by atoms with Crippen molar-refractivity contribution in [2.24, 2.45) is 0 Å². The average molecular weight is 229 g/mol. The maximum absolute atomic E-state index is 3.62. The molecule has 0 saturated heterocycles. The molecule has 1 nitrogen and oxygen atoms in total. The molecule has 1 aromatic heterocycles. The van der Waals surface area contributed by atoms with Crippen molar-refractivity contribution in [1.29, 1.82) is 0 Å². The molecular formula is C14H15NS. The summed E-state index contributed by atoms with van der Waals surface area (Å²) in [5.41, 5.74) is 2.96. The molecule has 1 unspecified atom stereocenters. The van der Waals surface area contributed by atoms with E-state index in [1.165, 1.54) is 16.9 Å². The number of hydrogen-bond acceptors (Lipinski definition) is 2. The molecule has 1 N–H and O–H groups in total. The van der Waals surface area contributed by atoms with Gasteiger partial charge < -0.3 is 5.32 Å². The largest absolute Gasteiger partial charge is 0.309 e. The highest BCUT2D eigenvalue weighted by atomic mass is 32.1. The molecular weight excluding hydrogens is 214 g/mol. The van der Waals surface area contributed by atoms with Gasteiger partial charge in [-0.25, -0.2) is 0 Å². The number of thiophene rings is 1. The Morgan fingerprint density at radius 1 is 1.19 bits per heavy atom. The highest BCUT2D eigenvalue weighted by Crippen LogP contribution is 2.30. The van der Waals surface area contributed by atoms with E-state index in [-0.39, 0.29) is 0 Å². The molecule has 0 amide bonds. The first-order valence-corrected chi connectivity index (χ1v) is 6.65. The van der Waals surface area contributed by atoms with Gasteiger partial charge in [-0.3, -0.25) is 0 Å². The Morgan fingerprint density at radius 3 is 2.94 bits per heavy atom. The normalized spacial score (nSPS) is 19.4. The molecule has 0 fully saturated rings. The van der Waals surface area contributed by atoms with Gasteiger partial charge in [0.25, 0.3) is 0 Å². The van der Waals surface area contributed by atoms with Gasteiger partial charge in [0, 0.05) is 10.9 Å². The van der Waals surface area contributed by atoms with Crippen LogP contribution in [0.2, 0.25) is 0 Å². The van der Waals surface area contributed by atoms with Crippen LogP contribution in [0.15, 0.2) is 41.8 Å². The van der Waals surface area contributed by atoms with Crippen LogP contribution in [0.4, 0.5) is 0 Å². The van der Waals surface area contributed by atoms with E-state index in [4.69, 9.17) is 0 Å². The van der Waals surface area contributed by atoms with Crippen LogP contribution < -0.4 is 5.32 Å². The van der Waals surface area contributed by atoms with Crippen LogP contribution in [0, 0.1) is 0 Å². The number of fused-ring (bicyclic) bond motifs is 1. The molecule has 1 aromatic carbocycles. The Hall–Kier alpha value is -1.12. The Morgan fingerprint density at radius 2 is 2.06 bits per heavy atom. The number of rotatable bonds is 2. The lowest BCUT2D eigenvalue weighted by molar-refractivity contribution is 0.512. The van der Waals surface area contributed by atoms with Gasteiger partial charge in [-0.2, -0.15) is 0 Å². The lowest BCUT2D eigenvalue weighted by Crippen LogP contribution is -2.29. The summed E-state index contributed by atoms with van der Waals surface area (Å²) in [5.74, 6) is 0. The molecule has 1 aliphatic heterocycles. The van der Waals surface area contributed by atoms with Crippen molar-refractivity contribution < 1.29 is 0 Å². The number of nitrogens with one attached hydrogen (secondary N) is 1. The lowest BCUT2D eigenvalue weighted by atomic mass is 9.98. The second-order valence-electron chi connectivity index (χ2n) is 4.26. The van der Waals surface area contributed by atoms with E-state index in [0.29, 0.717) is 6.04 Å². The van der Waals surface area contributed by atoms with E-state index in [1.807, 2.05) is 11.3 Å². The van der Waals surface area contributed by atoms with E-state index in [2.05, 4.69) is 47.1 Å². The van der Waals surface area contributed by atoms with Crippen LogP contribution in [0.1, 0.15) is 22.0 Å². The molecule has 0 spiro atoms. The lowest BCUT2D eigenvalue weighted by Gasteiger charge is -2.24. The van der Waals surface area contributed by atoms with Crippen LogP contribution in [-0.4, -0.2) is 6.54 Å². The Bertz CT molecular complexity index is 461. The quantitative estimate of drug-likeness (QED) is 0.834. The van der Waals surface area contributed by atoms with E-state index in [1.54, 1.807) is 5.56 Å². The topological polar surface area (TPSA) is 12.0 Å². The molecule has 1 aliphatic rings. The number of benzene rings is 1. The van der Waals surface area contributed by atoms with E-state index in [0.717, 1.165) is 13.0 Å². The van der Waals surface area contributed by atoms with Crippen molar-refractivity contribution >= 4 is 11.3 Å². The third-order valence-electron chi connectivity index (χ3n) is 3.16. The molecule has 0 saturated carbocycles. The predicted molar refractivity (Wildman–Crippen MR) is 68.9 cm³/mol. The fraction of sp³-hybridized carbons (Fsp3) is 0.286. The zero-order valence-corrected chi connectivity index (χ0v) is 9.96. The van der Waals surface area contributed by atoms with Crippen LogP contribution >= 0.6 is 11.3 Å². The van der Waals surface area contributed by atoms with Crippen molar-refractivity contribution in [2.45, 2.75) is 18.9 Å². The zero-order valence-electron chi connectivity index (χ0n) is 9.15. The maximum atomic E-state index is 3.62. The second kappa shape index (κ2) is 4.40. The maximum Gasteiger partial charge on any atom is 0.0458 e. The van der Waals surface area contributed by atoms with Gasteiger partial charge in [0.1, 0.15) is 0 Å². The van der Waals surface area contributed by atoms with Crippen molar-refractivity contribution in [3.8, 4) is 0 Å². The van der Waals surface area contributed by atoms with E-state index in [9.17, 15) is 0 Å². The molecule has 0 aliphatic carbocycles. The van der Waals surface area contributed by atoms with Crippen molar-refractivity contribution in [3.05, 3.63) is 57.8 Å². The standard InChI is InChI=1S/C14H15NS/c1-2-4-11(5-3-1)10-13-14-12(6-8-15-13)7-9-16-14/h1-5,7,9,13,15H,6,8,10H2. The Labute approximate surface area is 100 Å². The van der Waals surface area contributed by atoms with Gasteiger partial charge in [0.2, 0.25) is 0 Å². The van der Waals surface area contributed by atoms with Gasteiger partial charge in [-0.05, 0) is 42.0 Å². The summed E-state index contributed by atoms with van der Waals surface area (Å²) in [5, 5.41) is 5.84. The fourth-order valence-electron chi connectivity index (χ4n) is 2.35.